The Morgan fingerprint density at radius 3 is 2.77 bits per heavy atom. The van der Waals surface area contributed by atoms with Crippen molar-refractivity contribution in [3.63, 3.8) is 0 Å². The molecule has 0 aliphatic rings. The third kappa shape index (κ3) is 2.08. The van der Waals surface area contributed by atoms with Crippen molar-refractivity contribution in [2.24, 2.45) is 0 Å². The second-order valence-electron chi connectivity index (χ2n) is 2.59. The average molecular weight is 176 g/mol. The van der Waals surface area contributed by atoms with Gasteiger partial charge in [0.15, 0.2) is 0 Å². The number of aryl methyl sites for hydroxylation is 1. The van der Waals surface area contributed by atoms with Crippen LogP contribution in [0.2, 0.25) is 0 Å². The Bertz CT molecular complexity index is 330. The van der Waals surface area contributed by atoms with E-state index in [1.165, 1.54) is 11.1 Å². The van der Waals surface area contributed by atoms with E-state index in [-0.39, 0.29) is 0 Å². The highest BCUT2D eigenvalue weighted by atomic mass is 14.8. The minimum atomic E-state index is 0.990. The van der Waals surface area contributed by atoms with Gasteiger partial charge in [0.05, 0.1) is 0 Å². The highest BCUT2D eigenvalue weighted by Gasteiger charge is 1.96. The molecule has 0 aliphatic carbocycles. The van der Waals surface area contributed by atoms with Crippen LogP contribution in [0.3, 0.4) is 0 Å². The summed E-state index contributed by atoms with van der Waals surface area (Å²) in [4.78, 5) is 7.43. The molecule has 0 saturated carbocycles. The SMILES string of the molecule is CC.CCc1cc2cccnc2[nH]1. The van der Waals surface area contributed by atoms with Crippen molar-refractivity contribution in [2.45, 2.75) is 27.2 Å². The topological polar surface area (TPSA) is 28.7 Å². The number of rotatable bonds is 1. The summed E-state index contributed by atoms with van der Waals surface area (Å²) in [5.74, 6) is 0. The summed E-state index contributed by atoms with van der Waals surface area (Å²) < 4.78 is 0. The summed E-state index contributed by atoms with van der Waals surface area (Å²) in [6.45, 7) is 6.13. The highest BCUT2D eigenvalue weighted by molar-refractivity contribution is 5.76. The zero-order chi connectivity index (χ0) is 9.68. The molecule has 1 N–H and O–H groups in total. The lowest BCUT2D eigenvalue weighted by Gasteiger charge is -1.84. The van der Waals surface area contributed by atoms with Crippen molar-refractivity contribution in [1.29, 1.82) is 0 Å². The summed E-state index contributed by atoms with van der Waals surface area (Å²) in [5.41, 5.74) is 2.24. The number of aromatic amines is 1. The van der Waals surface area contributed by atoms with Crippen LogP contribution in [0, 0.1) is 0 Å². The maximum atomic E-state index is 4.19. The van der Waals surface area contributed by atoms with E-state index in [0.717, 1.165) is 12.1 Å². The molecule has 0 spiro atoms. The second-order valence-corrected chi connectivity index (χ2v) is 2.59. The summed E-state index contributed by atoms with van der Waals surface area (Å²) >= 11 is 0. The molecule has 0 unspecified atom stereocenters. The fraction of sp³-hybridized carbons (Fsp3) is 0.364. The van der Waals surface area contributed by atoms with Gasteiger partial charge in [0.2, 0.25) is 0 Å². The fourth-order valence-electron chi connectivity index (χ4n) is 1.20. The average Bonchev–Trinajstić information content (AvgIpc) is 2.63. The first-order valence-electron chi connectivity index (χ1n) is 4.83. The lowest BCUT2D eigenvalue weighted by Crippen LogP contribution is -1.76. The summed E-state index contributed by atoms with van der Waals surface area (Å²) in [6, 6.07) is 6.16. The molecule has 2 aromatic rings. The quantitative estimate of drug-likeness (QED) is 0.710. The molecular formula is C11H16N2. The number of fused-ring (bicyclic) bond motifs is 1. The second kappa shape index (κ2) is 4.65. The van der Waals surface area contributed by atoms with Gasteiger partial charge in [-0.15, -0.1) is 0 Å². The zero-order valence-corrected chi connectivity index (χ0v) is 8.46. The molecule has 0 saturated heterocycles. The van der Waals surface area contributed by atoms with Crippen LogP contribution in [0.15, 0.2) is 24.4 Å². The third-order valence-corrected chi connectivity index (χ3v) is 1.83. The normalized spacial score (nSPS) is 9.46. The van der Waals surface area contributed by atoms with Crippen molar-refractivity contribution in [3.8, 4) is 0 Å². The van der Waals surface area contributed by atoms with Crippen molar-refractivity contribution >= 4 is 11.0 Å². The minimum Gasteiger partial charge on any atom is -0.343 e. The van der Waals surface area contributed by atoms with Crippen LogP contribution < -0.4 is 0 Å². The Morgan fingerprint density at radius 1 is 1.38 bits per heavy atom. The van der Waals surface area contributed by atoms with E-state index in [4.69, 9.17) is 0 Å². The van der Waals surface area contributed by atoms with Gasteiger partial charge in [-0.3, -0.25) is 0 Å². The van der Waals surface area contributed by atoms with E-state index in [1.807, 2.05) is 19.9 Å². The maximum Gasteiger partial charge on any atom is 0.137 e. The predicted molar refractivity (Wildman–Crippen MR) is 56.8 cm³/mol. The first-order valence-corrected chi connectivity index (χ1v) is 4.83. The Morgan fingerprint density at radius 2 is 2.15 bits per heavy atom. The maximum absolute atomic E-state index is 4.19. The summed E-state index contributed by atoms with van der Waals surface area (Å²) in [6.07, 6.45) is 2.84. The lowest BCUT2D eigenvalue weighted by atomic mass is 10.3. The number of hydrogen-bond donors (Lipinski definition) is 1. The number of nitrogens with one attached hydrogen (secondary N) is 1. The van der Waals surface area contributed by atoms with Gasteiger partial charge in [-0.2, -0.15) is 0 Å². The van der Waals surface area contributed by atoms with Crippen LogP contribution >= 0.6 is 0 Å². The highest BCUT2D eigenvalue weighted by Crippen LogP contribution is 2.11. The largest absolute Gasteiger partial charge is 0.343 e. The Balaban J connectivity index is 0.000000396. The molecule has 2 nitrogen and oxygen atoms in total. The molecular weight excluding hydrogens is 160 g/mol. The molecule has 2 heteroatoms. The molecule has 0 fully saturated rings. The van der Waals surface area contributed by atoms with Crippen molar-refractivity contribution in [1.82, 2.24) is 9.97 Å². The molecule has 70 valence electrons. The van der Waals surface area contributed by atoms with Gasteiger partial charge in [-0.25, -0.2) is 4.98 Å². The Labute approximate surface area is 79.0 Å². The molecule has 0 aromatic carbocycles. The van der Waals surface area contributed by atoms with E-state index in [1.54, 1.807) is 6.20 Å². The van der Waals surface area contributed by atoms with Crippen molar-refractivity contribution in [3.05, 3.63) is 30.1 Å². The molecule has 0 radical (unpaired) electrons. The molecule has 0 amide bonds. The van der Waals surface area contributed by atoms with Gasteiger partial charge in [0, 0.05) is 17.3 Å². The van der Waals surface area contributed by atoms with Gasteiger partial charge in [0.25, 0.3) is 0 Å². The van der Waals surface area contributed by atoms with Crippen molar-refractivity contribution in [2.75, 3.05) is 0 Å². The number of pyridine rings is 1. The van der Waals surface area contributed by atoms with Crippen LogP contribution in [0.25, 0.3) is 11.0 Å². The number of H-pyrrole nitrogens is 1. The van der Waals surface area contributed by atoms with Gasteiger partial charge in [-0.1, -0.05) is 20.8 Å². The molecule has 2 rings (SSSR count). The van der Waals surface area contributed by atoms with Gasteiger partial charge in [-0.05, 0) is 24.6 Å². The molecule has 0 aliphatic heterocycles. The Hall–Kier alpha value is -1.31. The lowest BCUT2D eigenvalue weighted by molar-refractivity contribution is 1.07. The molecule has 0 atom stereocenters. The van der Waals surface area contributed by atoms with E-state index in [2.05, 4.69) is 29.0 Å². The van der Waals surface area contributed by atoms with Crippen molar-refractivity contribution < 1.29 is 0 Å². The molecule has 2 aromatic heterocycles. The van der Waals surface area contributed by atoms with Gasteiger partial charge >= 0.3 is 0 Å². The Kier molecular flexibility index (Phi) is 3.50. The van der Waals surface area contributed by atoms with Crippen LogP contribution in [0.5, 0.6) is 0 Å². The monoisotopic (exact) mass is 176 g/mol. The van der Waals surface area contributed by atoms with E-state index < -0.39 is 0 Å². The third-order valence-electron chi connectivity index (χ3n) is 1.83. The predicted octanol–water partition coefficient (Wildman–Crippen LogP) is 3.15. The standard InChI is InChI=1S/C9H10N2.C2H6/c1-2-8-6-7-4-3-5-10-9(7)11-8;1-2/h3-6H,2H2,1H3,(H,10,11);1-2H3. The minimum absolute atomic E-state index is 0.990. The molecule has 0 bridgehead atoms. The van der Waals surface area contributed by atoms with E-state index in [9.17, 15) is 0 Å². The summed E-state index contributed by atoms with van der Waals surface area (Å²) in [7, 11) is 0. The number of nitrogens with zero attached hydrogens (tertiary/aromatic N) is 1. The summed E-state index contributed by atoms with van der Waals surface area (Å²) in [5, 5.41) is 1.20. The van der Waals surface area contributed by atoms with E-state index in [0.29, 0.717) is 0 Å². The fourth-order valence-corrected chi connectivity index (χ4v) is 1.20. The van der Waals surface area contributed by atoms with Crippen LogP contribution in [-0.4, -0.2) is 9.97 Å². The number of aromatic nitrogens is 2. The smallest absolute Gasteiger partial charge is 0.137 e. The van der Waals surface area contributed by atoms with Gasteiger partial charge in [0.1, 0.15) is 5.65 Å². The zero-order valence-electron chi connectivity index (χ0n) is 8.46. The van der Waals surface area contributed by atoms with Crippen LogP contribution in [-0.2, 0) is 6.42 Å². The van der Waals surface area contributed by atoms with Crippen LogP contribution in [0.4, 0.5) is 0 Å². The first kappa shape index (κ1) is 9.78. The van der Waals surface area contributed by atoms with Gasteiger partial charge < -0.3 is 4.98 Å². The molecule has 2 heterocycles. The first-order chi connectivity index (χ1) is 6.40. The van der Waals surface area contributed by atoms with Crippen LogP contribution in [0.1, 0.15) is 26.5 Å². The van der Waals surface area contributed by atoms with E-state index >= 15 is 0 Å². The molecule has 13 heavy (non-hydrogen) atoms. The number of hydrogen-bond acceptors (Lipinski definition) is 1.